The molecular weight excluding hydrogens is 148 g/mol. The predicted octanol–water partition coefficient (Wildman–Crippen LogP) is 1.43. The number of thiazole rings is 1. The molecule has 0 aliphatic rings. The average Bonchev–Trinajstić information content (AvgIpc) is 2.10. The number of aromatic nitrogens is 1. The quantitative estimate of drug-likeness (QED) is 0.605. The molecule has 0 aromatic carbocycles. The maximum atomic E-state index is 12.1. The van der Waals surface area contributed by atoms with Crippen LogP contribution in [0.1, 0.15) is 0 Å². The second-order valence-electron chi connectivity index (χ2n) is 1.25. The smallest absolute Gasteiger partial charge is 0.275 e. The zero-order valence-corrected chi connectivity index (χ0v) is 5.34. The van der Waals surface area contributed by atoms with Crippen LogP contribution in [0.25, 0.3) is 0 Å². The molecule has 5 heteroatoms. The van der Waals surface area contributed by atoms with Gasteiger partial charge < -0.3 is 4.74 Å². The maximum absolute atomic E-state index is 12.1. The summed E-state index contributed by atoms with van der Waals surface area (Å²) in [5.41, 5.74) is 0. The first-order valence-electron chi connectivity index (χ1n) is 2.10. The van der Waals surface area contributed by atoms with Crippen LogP contribution in [0.4, 0.5) is 8.78 Å². The van der Waals surface area contributed by atoms with Crippen molar-refractivity contribution in [2.45, 2.75) is 0 Å². The standard InChI is InChI=1S/C4H3F2NOS/c1-8-3-2(5)7-4(6)9-3/h1H3. The van der Waals surface area contributed by atoms with E-state index in [4.69, 9.17) is 0 Å². The van der Waals surface area contributed by atoms with E-state index in [9.17, 15) is 8.78 Å². The van der Waals surface area contributed by atoms with Gasteiger partial charge in [-0.25, -0.2) is 0 Å². The fourth-order valence-corrected chi connectivity index (χ4v) is 0.882. The molecule has 2 nitrogen and oxygen atoms in total. The van der Waals surface area contributed by atoms with Crippen molar-refractivity contribution in [1.29, 1.82) is 0 Å². The van der Waals surface area contributed by atoms with Crippen LogP contribution < -0.4 is 4.74 Å². The van der Waals surface area contributed by atoms with E-state index in [2.05, 4.69) is 9.72 Å². The second kappa shape index (κ2) is 2.26. The molecule has 0 bridgehead atoms. The Labute approximate surface area is 54.1 Å². The molecule has 0 saturated heterocycles. The average molecular weight is 151 g/mol. The van der Waals surface area contributed by atoms with Crippen molar-refractivity contribution >= 4 is 11.3 Å². The van der Waals surface area contributed by atoms with Gasteiger partial charge in [0.15, 0.2) is 0 Å². The first-order chi connectivity index (χ1) is 4.24. The minimum absolute atomic E-state index is 0.118. The number of ether oxygens (including phenoxy) is 1. The van der Waals surface area contributed by atoms with Crippen LogP contribution in [0.15, 0.2) is 0 Å². The van der Waals surface area contributed by atoms with Crippen molar-refractivity contribution in [3.8, 4) is 5.06 Å². The third-order valence-corrected chi connectivity index (χ3v) is 1.50. The molecule has 1 aromatic heterocycles. The van der Waals surface area contributed by atoms with Crippen LogP contribution in [0.3, 0.4) is 0 Å². The van der Waals surface area contributed by atoms with Crippen molar-refractivity contribution in [2.75, 3.05) is 7.11 Å². The largest absolute Gasteiger partial charge is 0.484 e. The summed E-state index contributed by atoms with van der Waals surface area (Å²) >= 11 is 0.539. The Bertz CT molecular complexity index is 212. The van der Waals surface area contributed by atoms with E-state index in [0.717, 1.165) is 0 Å². The second-order valence-corrected chi connectivity index (χ2v) is 2.16. The molecule has 0 N–H and O–H groups in total. The highest BCUT2D eigenvalue weighted by atomic mass is 32.1. The third-order valence-electron chi connectivity index (χ3n) is 0.717. The molecule has 0 aliphatic carbocycles. The molecule has 0 amide bonds. The third kappa shape index (κ3) is 1.16. The molecule has 0 fully saturated rings. The van der Waals surface area contributed by atoms with Crippen molar-refractivity contribution in [2.24, 2.45) is 0 Å². The van der Waals surface area contributed by atoms with Gasteiger partial charge in [-0.05, 0) is 11.3 Å². The van der Waals surface area contributed by atoms with Gasteiger partial charge in [0.25, 0.3) is 11.2 Å². The maximum Gasteiger partial charge on any atom is 0.275 e. The molecule has 0 radical (unpaired) electrons. The molecule has 50 valence electrons. The lowest BCUT2D eigenvalue weighted by atomic mass is 10.9. The summed E-state index contributed by atoms with van der Waals surface area (Å²) < 4.78 is 28.5. The monoisotopic (exact) mass is 151 g/mol. The van der Waals surface area contributed by atoms with Crippen molar-refractivity contribution < 1.29 is 13.5 Å². The van der Waals surface area contributed by atoms with Crippen LogP contribution in [0.2, 0.25) is 0 Å². The Morgan fingerprint density at radius 2 is 2.22 bits per heavy atom. The van der Waals surface area contributed by atoms with Gasteiger partial charge in [0.1, 0.15) is 0 Å². The van der Waals surface area contributed by atoms with Gasteiger partial charge in [-0.3, -0.25) is 0 Å². The highest BCUT2D eigenvalue weighted by molar-refractivity contribution is 7.11. The van der Waals surface area contributed by atoms with E-state index < -0.39 is 11.2 Å². The van der Waals surface area contributed by atoms with Gasteiger partial charge in [-0.1, -0.05) is 0 Å². The molecule has 1 rings (SSSR count). The molecule has 1 aromatic rings. The van der Waals surface area contributed by atoms with Crippen LogP contribution in [-0.4, -0.2) is 12.1 Å². The summed E-state index contributed by atoms with van der Waals surface area (Å²) in [6.45, 7) is 0. The molecule has 0 saturated carbocycles. The molecule has 0 aliphatic heterocycles. The molecule has 0 spiro atoms. The predicted molar refractivity (Wildman–Crippen MR) is 28.6 cm³/mol. The number of halogens is 2. The van der Waals surface area contributed by atoms with Crippen molar-refractivity contribution in [3.05, 3.63) is 11.2 Å². The molecule has 1 heterocycles. The van der Waals surface area contributed by atoms with E-state index in [0.29, 0.717) is 11.3 Å². The summed E-state index contributed by atoms with van der Waals surface area (Å²) in [7, 11) is 1.26. The Balaban J connectivity index is 3.01. The van der Waals surface area contributed by atoms with E-state index in [-0.39, 0.29) is 5.06 Å². The number of methoxy groups -OCH3 is 1. The Kier molecular flexibility index (Phi) is 1.61. The Morgan fingerprint density at radius 3 is 2.44 bits per heavy atom. The van der Waals surface area contributed by atoms with Gasteiger partial charge >= 0.3 is 0 Å². The number of nitrogens with zero attached hydrogens (tertiary/aromatic N) is 1. The number of hydrogen-bond acceptors (Lipinski definition) is 3. The lowest BCUT2D eigenvalue weighted by Crippen LogP contribution is -1.81. The van der Waals surface area contributed by atoms with E-state index in [1.807, 2.05) is 0 Å². The molecule has 0 atom stereocenters. The van der Waals surface area contributed by atoms with Crippen LogP contribution >= 0.6 is 11.3 Å². The van der Waals surface area contributed by atoms with E-state index >= 15 is 0 Å². The lowest BCUT2D eigenvalue weighted by molar-refractivity contribution is 0.391. The van der Waals surface area contributed by atoms with Gasteiger partial charge in [-0.15, -0.1) is 0 Å². The topological polar surface area (TPSA) is 22.1 Å². The van der Waals surface area contributed by atoms with Crippen LogP contribution in [0.5, 0.6) is 5.06 Å². The first kappa shape index (κ1) is 6.41. The summed E-state index contributed by atoms with van der Waals surface area (Å²) in [6.07, 6.45) is 0. The normalized spacial score (nSPS) is 9.67. The Morgan fingerprint density at radius 1 is 1.56 bits per heavy atom. The molecule has 9 heavy (non-hydrogen) atoms. The number of hydrogen-bond donors (Lipinski definition) is 0. The molecule has 0 unspecified atom stereocenters. The fraction of sp³-hybridized carbons (Fsp3) is 0.250. The minimum Gasteiger partial charge on any atom is -0.484 e. The summed E-state index contributed by atoms with van der Waals surface area (Å²) in [4.78, 5) is 2.84. The van der Waals surface area contributed by atoms with E-state index in [1.54, 1.807) is 0 Å². The lowest BCUT2D eigenvalue weighted by Gasteiger charge is -1.87. The highest BCUT2D eigenvalue weighted by Crippen LogP contribution is 2.23. The summed E-state index contributed by atoms with van der Waals surface area (Å²) in [5, 5.41) is -0.933. The summed E-state index contributed by atoms with van der Waals surface area (Å²) in [6, 6.07) is 0. The van der Waals surface area contributed by atoms with Gasteiger partial charge in [0, 0.05) is 0 Å². The minimum atomic E-state index is -0.889. The Hall–Kier alpha value is -0.710. The van der Waals surface area contributed by atoms with Crippen molar-refractivity contribution in [3.63, 3.8) is 0 Å². The van der Waals surface area contributed by atoms with E-state index in [1.165, 1.54) is 7.11 Å². The van der Waals surface area contributed by atoms with Crippen molar-refractivity contribution in [1.82, 2.24) is 4.98 Å². The van der Waals surface area contributed by atoms with Crippen LogP contribution in [0, 0.1) is 11.2 Å². The highest BCUT2D eigenvalue weighted by Gasteiger charge is 2.09. The van der Waals surface area contributed by atoms with Gasteiger partial charge in [-0.2, -0.15) is 13.8 Å². The van der Waals surface area contributed by atoms with Gasteiger partial charge in [0.2, 0.25) is 5.06 Å². The van der Waals surface area contributed by atoms with Gasteiger partial charge in [0.05, 0.1) is 7.11 Å². The SMILES string of the molecule is COc1sc(F)nc1F. The first-order valence-corrected chi connectivity index (χ1v) is 2.91. The van der Waals surface area contributed by atoms with Crippen LogP contribution in [-0.2, 0) is 0 Å². The number of rotatable bonds is 1. The molecular formula is C4H3F2NOS. The fourth-order valence-electron chi connectivity index (χ4n) is 0.390. The summed E-state index contributed by atoms with van der Waals surface area (Å²) in [5.74, 6) is -0.889. The zero-order chi connectivity index (χ0) is 6.85. The zero-order valence-electron chi connectivity index (χ0n) is 4.52.